The fraction of sp³-hybridized carbons (Fsp3) is 0.125. The molecule has 4 rings (SSSR count). The second-order valence-electron chi connectivity index (χ2n) is 5.02. The smallest absolute Gasteiger partial charge is 0.321 e. The van der Waals surface area contributed by atoms with Crippen molar-refractivity contribution in [1.29, 1.82) is 0 Å². The van der Waals surface area contributed by atoms with Crippen LogP contribution in [-0.2, 0) is 5.75 Å². The van der Waals surface area contributed by atoms with Crippen molar-refractivity contribution >= 4 is 33.8 Å². The summed E-state index contributed by atoms with van der Waals surface area (Å²) in [6.45, 7) is -2.62. The second kappa shape index (κ2) is 5.66. The van der Waals surface area contributed by atoms with Crippen LogP contribution in [-0.4, -0.2) is 19.5 Å². The minimum atomic E-state index is -2.62. The predicted molar refractivity (Wildman–Crippen MR) is 86.6 cm³/mol. The topological polar surface area (TPSA) is 46.5 Å². The van der Waals surface area contributed by atoms with Crippen LogP contribution in [0, 0.1) is 0 Å². The Balaban J connectivity index is 1.65. The number of thioether (sulfide) groups is 1. The molecule has 0 aliphatic carbocycles. The van der Waals surface area contributed by atoms with Crippen molar-refractivity contribution in [1.82, 2.24) is 19.5 Å². The van der Waals surface area contributed by atoms with Gasteiger partial charge in [-0.1, -0.05) is 36.0 Å². The summed E-state index contributed by atoms with van der Waals surface area (Å²) >= 11 is 1.25. The number of hydrogen-bond acceptors (Lipinski definition) is 3. The van der Waals surface area contributed by atoms with E-state index in [0.717, 1.165) is 21.4 Å². The number of halogens is 2. The van der Waals surface area contributed by atoms with E-state index < -0.39 is 6.55 Å². The van der Waals surface area contributed by atoms with Gasteiger partial charge in [0, 0.05) is 0 Å². The molecule has 0 radical (unpaired) electrons. The van der Waals surface area contributed by atoms with E-state index in [9.17, 15) is 8.78 Å². The SMILES string of the molecule is FC(F)n1c(SCc2nc3ccccc3[nH]2)nc2ccccc21. The number of nitrogens with one attached hydrogen (secondary N) is 1. The number of hydrogen-bond donors (Lipinski definition) is 1. The van der Waals surface area contributed by atoms with Gasteiger partial charge in [0.15, 0.2) is 5.16 Å². The zero-order valence-corrected chi connectivity index (χ0v) is 12.7. The number of rotatable bonds is 4. The molecule has 0 saturated carbocycles. The van der Waals surface area contributed by atoms with Crippen LogP contribution in [0.15, 0.2) is 53.7 Å². The van der Waals surface area contributed by atoms with Crippen molar-refractivity contribution in [3.05, 3.63) is 54.4 Å². The average Bonchev–Trinajstić information content (AvgIpc) is 3.13. The van der Waals surface area contributed by atoms with Gasteiger partial charge in [0.25, 0.3) is 0 Å². The fourth-order valence-electron chi connectivity index (χ4n) is 2.52. The van der Waals surface area contributed by atoms with E-state index in [1.54, 1.807) is 24.3 Å². The summed E-state index contributed by atoms with van der Waals surface area (Å²) in [5, 5.41) is 0.293. The summed E-state index contributed by atoms with van der Waals surface area (Å²) in [5.74, 6) is 1.19. The van der Waals surface area contributed by atoms with Crippen LogP contribution in [0.5, 0.6) is 0 Å². The van der Waals surface area contributed by atoms with Gasteiger partial charge in [0.2, 0.25) is 0 Å². The van der Waals surface area contributed by atoms with Crippen LogP contribution in [0.25, 0.3) is 22.1 Å². The summed E-state index contributed by atoms with van der Waals surface area (Å²) in [6, 6.07) is 14.6. The molecule has 2 heterocycles. The first-order valence-electron chi connectivity index (χ1n) is 7.04. The Kier molecular flexibility index (Phi) is 3.49. The lowest BCUT2D eigenvalue weighted by atomic mass is 10.3. The summed E-state index contributed by atoms with van der Waals surface area (Å²) in [4.78, 5) is 12.0. The second-order valence-corrected chi connectivity index (χ2v) is 5.96. The standard InChI is InChI=1S/C16H12F2N4S/c17-15(18)22-13-8-4-3-7-12(13)21-16(22)23-9-14-19-10-5-1-2-6-11(10)20-14/h1-8,15H,9H2,(H,19,20). The third-order valence-electron chi connectivity index (χ3n) is 3.54. The minimum Gasteiger partial charge on any atom is -0.341 e. The van der Waals surface area contributed by atoms with Gasteiger partial charge < -0.3 is 4.98 Å². The van der Waals surface area contributed by atoms with E-state index in [-0.39, 0.29) is 0 Å². The Bertz CT molecular complexity index is 943. The Labute approximate surface area is 134 Å². The number of fused-ring (bicyclic) bond motifs is 2. The van der Waals surface area contributed by atoms with Gasteiger partial charge in [0.05, 0.1) is 27.8 Å². The van der Waals surface area contributed by atoms with Gasteiger partial charge in [-0.25, -0.2) is 9.97 Å². The molecular weight excluding hydrogens is 318 g/mol. The normalized spacial score (nSPS) is 11.8. The maximum absolute atomic E-state index is 13.4. The summed E-state index contributed by atoms with van der Waals surface area (Å²) in [6.07, 6.45) is 0. The first-order valence-corrected chi connectivity index (χ1v) is 8.02. The van der Waals surface area contributed by atoms with Crippen molar-refractivity contribution < 1.29 is 8.78 Å². The highest BCUT2D eigenvalue weighted by molar-refractivity contribution is 7.98. The Morgan fingerprint density at radius 1 is 1.00 bits per heavy atom. The van der Waals surface area contributed by atoms with E-state index >= 15 is 0 Å². The molecule has 4 nitrogen and oxygen atoms in total. The first kappa shape index (κ1) is 14.2. The van der Waals surface area contributed by atoms with E-state index in [1.165, 1.54) is 11.8 Å². The highest BCUT2D eigenvalue weighted by Crippen LogP contribution is 2.30. The molecule has 7 heteroatoms. The van der Waals surface area contributed by atoms with E-state index in [4.69, 9.17) is 0 Å². The maximum atomic E-state index is 13.4. The number of aromatic amines is 1. The summed E-state index contributed by atoms with van der Waals surface area (Å²) in [5.41, 5.74) is 2.81. The molecule has 0 amide bonds. The molecule has 0 unspecified atom stereocenters. The lowest BCUT2D eigenvalue weighted by Gasteiger charge is -2.06. The van der Waals surface area contributed by atoms with Crippen LogP contribution in [0.2, 0.25) is 0 Å². The molecule has 0 saturated heterocycles. The monoisotopic (exact) mass is 330 g/mol. The Morgan fingerprint density at radius 3 is 2.52 bits per heavy atom. The number of para-hydroxylation sites is 4. The van der Waals surface area contributed by atoms with Crippen molar-refractivity contribution in [3.63, 3.8) is 0 Å². The van der Waals surface area contributed by atoms with Crippen LogP contribution >= 0.6 is 11.8 Å². The largest absolute Gasteiger partial charge is 0.341 e. The molecule has 23 heavy (non-hydrogen) atoms. The van der Waals surface area contributed by atoms with Crippen molar-refractivity contribution in [3.8, 4) is 0 Å². The van der Waals surface area contributed by atoms with Crippen molar-refractivity contribution in [2.24, 2.45) is 0 Å². The third kappa shape index (κ3) is 2.57. The highest BCUT2D eigenvalue weighted by atomic mass is 32.2. The summed E-state index contributed by atoms with van der Waals surface area (Å²) < 4.78 is 27.7. The molecule has 0 aliphatic rings. The number of imidazole rings is 2. The Hall–Kier alpha value is -2.41. The molecule has 0 fully saturated rings. The third-order valence-corrected chi connectivity index (χ3v) is 4.50. The summed E-state index contributed by atoms with van der Waals surface area (Å²) in [7, 11) is 0. The van der Waals surface area contributed by atoms with Gasteiger partial charge in [-0.3, -0.25) is 4.57 Å². The number of alkyl halides is 2. The lowest BCUT2D eigenvalue weighted by Crippen LogP contribution is -2.00. The minimum absolute atomic E-state index is 0.293. The number of H-pyrrole nitrogens is 1. The molecule has 0 aliphatic heterocycles. The number of aromatic nitrogens is 4. The number of benzene rings is 2. The van der Waals surface area contributed by atoms with Crippen LogP contribution in [0.3, 0.4) is 0 Å². The molecular formula is C16H12F2N4S. The Morgan fingerprint density at radius 2 is 1.74 bits per heavy atom. The molecule has 0 bridgehead atoms. The van der Waals surface area contributed by atoms with Gasteiger partial charge in [-0.15, -0.1) is 0 Å². The first-order chi connectivity index (χ1) is 11.2. The quantitative estimate of drug-likeness (QED) is 0.556. The number of nitrogens with zero attached hydrogens (tertiary/aromatic N) is 3. The lowest BCUT2D eigenvalue weighted by molar-refractivity contribution is 0.0656. The molecule has 4 aromatic rings. The fourth-order valence-corrected chi connectivity index (χ4v) is 3.40. The van der Waals surface area contributed by atoms with Crippen LogP contribution in [0.4, 0.5) is 8.78 Å². The van der Waals surface area contributed by atoms with Gasteiger partial charge in [-0.2, -0.15) is 8.78 Å². The zero-order valence-electron chi connectivity index (χ0n) is 11.9. The molecule has 2 aromatic heterocycles. The predicted octanol–water partition coefficient (Wildman–Crippen LogP) is 4.60. The molecule has 2 aromatic carbocycles. The van der Waals surface area contributed by atoms with Crippen LogP contribution < -0.4 is 0 Å². The van der Waals surface area contributed by atoms with Crippen molar-refractivity contribution in [2.75, 3.05) is 0 Å². The van der Waals surface area contributed by atoms with Crippen molar-refractivity contribution in [2.45, 2.75) is 17.5 Å². The average molecular weight is 330 g/mol. The van der Waals surface area contributed by atoms with E-state index in [1.807, 2.05) is 24.3 Å². The van der Waals surface area contributed by atoms with Gasteiger partial charge >= 0.3 is 6.55 Å². The molecule has 116 valence electrons. The van der Waals surface area contributed by atoms with E-state index in [2.05, 4.69) is 15.0 Å². The molecule has 1 N–H and O–H groups in total. The van der Waals surface area contributed by atoms with Gasteiger partial charge in [0.1, 0.15) is 5.82 Å². The maximum Gasteiger partial charge on any atom is 0.321 e. The molecule has 0 atom stereocenters. The van der Waals surface area contributed by atoms with E-state index in [0.29, 0.717) is 21.9 Å². The zero-order chi connectivity index (χ0) is 15.8. The highest BCUT2D eigenvalue weighted by Gasteiger charge is 2.18. The van der Waals surface area contributed by atoms with Gasteiger partial charge in [-0.05, 0) is 24.3 Å². The molecule has 0 spiro atoms. The van der Waals surface area contributed by atoms with Crippen LogP contribution in [0.1, 0.15) is 12.4 Å².